The number of hydrogen-bond donors (Lipinski definition) is 0. The largest absolute Gasteiger partial charge is 0.249 e. The first-order chi connectivity index (χ1) is 6.37. The number of aryl methyl sites for hydroxylation is 2. The molecule has 0 aliphatic heterocycles. The van der Waals surface area contributed by atoms with Gasteiger partial charge in [-0.1, -0.05) is 34.8 Å². The number of aliphatic imine (C=N–C) groups is 1. The molecule has 1 aromatic rings. The minimum absolute atomic E-state index is 0.300. The average Bonchev–Trinajstić information content (AvgIpc) is 1.97. The van der Waals surface area contributed by atoms with Crippen LogP contribution < -0.4 is 0 Å². The van der Waals surface area contributed by atoms with Crippen LogP contribution in [0.5, 0.6) is 0 Å². The molecule has 0 N–H and O–H groups in total. The molecule has 76 valence electrons. The summed E-state index contributed by atoms with van der Waals surface area (Å²) in [5, 5.41) is 0. The lowest BCUT2D eigenvalue weighted by Crippen LogP contribution is -2.03. The monoisotopic (exact) mass is 251 g/mol. The van der Waals surface area contributed by atoms with Crippen molar-refractivity contribution < 1.29 is 0 Å². The van der Waals surface area contributed by atoms with Gasteiger partial charge in [0.15, 0.2) is 0 Å². The second-order valence-corrected chi connectivity index (χ2v) is 5.12. The standard InChI is InChI=1S/C8H8Cl3N3/c1-5-3-6(2)14-7(13-5)12-4-8(9,10)11/h3-4H,1-2H3. The molecule has 0 aliphatic rings. The van der Waals surface area contributed by atoms with Crippen molar-refractivity contribution in [1.82, 2.24) is 9.97 Å². The third kappa shape index (κ3) is 4.22. The van der Waals surface area contributed by atoms with Gasteiger partial charge in [-0.3, -0.25) is 0 Å². The van der Waals surface area contributed by atoms with E-state index in [2.05, 4.69) is 15.0 Å². The lowest BCUT2D eigenvalue weighted by molar-refractivity contribution is 1.04. The van der Waals surface area contributed by atoms with Crippen LogP contribution in [0.15, 0.2) is 11.1 Å². The predicted octanol–water partition coefficient (Wildman–Crippen LogP) is 3.17. The molecule has 0 aromatic carbocycles. The Balaban J connectivity index is 2.92. The van der Waals surface area contributed by atoms with Gasteiger partial charge in [-0.15, -0.1) is 0 Å². The van der Waals surface area contributed by atoms with Gasteiger partial charge in [0.05, 0.1) is 6.21 Å². The minimum Gasteiger partial charge on any atom is -0.220 e. The lowest BCUT2D eigenvalue weighted by Gasteiger charge is -2.01. The summed E-state index contributed by atoms with van der Waals surface area (Å²) < 4.78 is -1.51. The summed E-state index contributed by atoms with van der Waals surface area (Å²) in [5.41, 5.74) is 1.66. The van der Waals surface area contributed by atoms with Crippen LogP contribution in [0.3, 0.4) is 0 Å². The molecule has 14 heavy (non-hydrogen) atoms. The molecular formula is C8H8Cl3N3. The molecule has 0 saturated carbocycles. The van der Waals surface area contributed by atoms with E-state index in [1.807, 2.05) is 19.9 Å². The lowest BCUT2D eigenvalue weighted by atomic mass is 10.4. The summed E-state index contributed by atoms with van der Waals surface area (Å²) in [5.74, 6) is 0.300. The Morgan fingerprint density at radius 3 is 2.14 bits per heavy atom. The van der Waals surface area contributed by atoms with Crippen molar-refractivity contribution in [2.24, 2.45) is 4.99 Å². The van der Waals surface area contributed by atoms with Gasteiger partial charge in [-0.2, -0.15) is 0 Å². The summed E-state index contributed by atoms with van der Waals surface area (Å²) in [6, 6.07) is 1.84. The normalized spacial score (nSPS) is 12.4. The van der Waals surface area contributed by atoms with E-state index in [0.717, 1.165) is 11.4 Å². The molecular weight excluding hydrogens is 244 g/mol. The molecule has 0 radical (unpaired) electrons. The molecule has 0 unspecified atom stereocenters. The van der Waals surface area contributed by atoms with Crippen LogP contribution in [0.25, 0.3) is 0 Å². The zero-order valence-corrected chi connectivity index (χ0v) is 9.90. The molecule has 6 heteroatoms. The van der Waals surface area contributed by atoms with Gasteiger partial charge in [-0.25, -0.2) is 15.0 Å². The highest BCUT2D eigenvalue weighted by Gasteiger charge is 2.15. The molecule has 0 fully saturated rings. The van der Waals surface area contributed by atoms with Crippen molar-refractivity contribution in [2.75, 3.05) is 0 Å². The van der Waals surface area contributed by atoms with Crippen LogP contribution in [-0.4, -0.2) is 20.0 Å². The van der Waals surface area contributed by atoms with E-state index < -0.39 is 3.79 Å². The van der Waals surface area contributed by atoms with Crippen LogP contribution in [0.4, 0.5) is 5.95 Å². The number of halogens is 3. The fourth-order valence-corrected chi connectivity index (χ4v) is 1.04. The van der Waals surface area contributed by atoms with Crippen LogP contribution in [0, 0.1) is 13.8 Å². The Bertz CT molecular complexity index is 337. The summed E-state index contributed by atoms with van der Waals surface area (Å²) in [4.78, 5) is 12.0. The third-order valence-electron chi connectivity index (χ3n) is 1.30. The Kier molecular flexibility index (Phi) is 3.70. The summed E-state index contributed by atoms with van der Waals surface area (Å²) in [6.45, 7) is 3.70. The second kappa shape index (κ2) is 4.43. The van der Waals surface area contributed by atoms with Gasteiger partial charge in [0.1, 0.15) is 0 Å². The fraction of sp³-hybridized carbons (Fsp3) is 0.375. The average molecular weight is 253 g/mol. The van der Waals surface area contributed by atoms with Crippen molar-refractivity contribution in [3.8, 4) is 0 Å². The molecule has 0 atom stereocenters. The van der Waals surface area contributed by atoms with Gasteiger partial charge < -0.3 is 0 Å². The molecule has 1 heterocycles. The van der Waals surface area contributed by atoms with Gasteiger partial charge in [0.2, 0.25) is 9.74 Å². The van der Waals surface area contributed by atoms with Crippen LogP contribution in [0.1, 0.15) is 11.4 Å². The highest BCUT2D eigenvalue weighted by molar-refractivity contribution is 6.74. The maximum atomic E-state index is 5.49. The minimum atomic E-state index is -1.51. The molecule has 0 spiro atoms. The van der Waals surface area contributed by atoms with E-state index in [9.17, 15) is 0 Å². The van der Waals surface area contributed by atoms with Gasteiger partial charge in [0, 0.05) is 11.4 Å². The fourth-order valence-electron chi connectivity index (χ4n) is 0.896. The van der Waals surface area contributed by atoms with Gasteiger partial charge >= 0.3 is 0 Å². The Labute approximate surface area is 97.1 Å². The van der Waals surface area contributed by atoms with Crippen molar-refractivity contribution in [3.05, 3.63) is 17.5 Å². The van der Waals surface area contributed by atoms with E-state index in [1.165, 1.54) is 6.21 Å². The van der Waals surface area contributed by atoms with Gasteiger partial charge in [0.25, 0.3) is 0 Å². The SMILES string of the molecule is Cc1cc(C)nc(N=CC(Cl)(Cl)Cl)n1. The summed E-state index contributed by atoms with van der Waals surface area (Å²) in [6.07, 6.45) is 1.17. The predicted molar refractivity (Wildman–Crippen MR) is 59.9 cm³/mol. The van der Waals surface area contributed by atoms with E-state index >= 15 is 0 Å². The van der Waals surface area contributed by atoms with Crippen molar-refractivity contribution in [2.45, 2.75) is 17.6 Å². The van der Waals surface area contributed by atoms with Gasteiger partial charge in [-0.05, 0) is 19.9 Å². The Morgan fingerprint density at radius 1 is 1.21 bits per heavy atom. The molecule has 1 aromatic heterocycles. The summed E-state index contributed by atoms with van der Waals surface area (Å²) >= 11 is 16.5. The van der Waals surface area contributed by atoms with Crippen molar-refractivity contribution >= 4 is 47.0 Å². The quantitative estimate of drug-likeness (QED) is 0.569. The highest BCUT2D eigenvalue weighted by atomic mass is 35.6. The first kappa shape index (κ1) is 11.7. The number of aromatic nitrogens is 2. The first-order valence-electron chi connectivity index (χ1n) is 3.81. The van der Waals surface area contributed by atoms with Crippen molar-refractivity contribution in [1.29, 1.82) is 0 Å². The number of hydrogen-bond acceptors (Lipinski definition) is 3. The number of rotatable bonds is 1. The molecule has 0 amide bonds. The van der Waals surface area contributed by atoms with Crippen LogP contribution >= 0.6 is 34.8 Å². The first-order valence-corrected chi connectivity index (χ1v) is 4.94. The second-order valence-electron chi connectivity index (χ2n) is 2.75. The van der Waals surface area contributed by atoms with Crippen LogP contribution in [0.2, 0.25) is 0 Å². The zero-order chi connectivity index (χ0) is 10.8. The zero-order valence-electron chi connectivity index (χ0n) is 7.63. The Morgan fingerprint density at radius 2 is 1.71 bits per heavy atom. The molecule has 1 rings (SSSR count). The van der Waals surface area contributed by atoms with Crippen molar-refractivity contribution in [3.63, 3.8) is 0 Å². The van der Waals surface area contributed by atoms with Crippen LogP contribution in [-0.2, 0) is 0 Å². The highest BCUT2D eigenvalue weighted by Crippen LogP contribution is 2.23. The number of alkyl halides is 3. The van der Waals surface area contributed by atoms with E-state index in [1.54, 1.807) is 0 Å². The smallest absolute Gasteiger partial charge is 0.220 e. The topological polar surface area (TPSA) is 38.1 Å². The third-order valence-corrected chi connectivity index (χ3v) is 1.59. The molecule has 0 saturated heterocycles. The van der Waals surface area contributed by atoms with E-state index in [-0.39, 0.29) is 0 Å². The number of nitrogens with zero attached hydrogens (tertiary/aromatic N) is 3. The molecule has 0 aliphatic carbocycles. The summed E-state index contributed by atoms with van der Waals surface area (Å²) in [7, 11) is 0. The van der Waals surface area contributed by atoms with E-state index in [4.69, 9.17) is 34.8 Å². The van der Waals surface area contributed by atoms with E-state index in [0.29, 0.717) is 5.95 Å². The Hall–Kier alpha value is -0.380. The molecule has 0 bridgehead atoms. The maximum Gasteiger partial charge on any atom is 0.249 e. The molecule has 3 nitrogen and oxygen atoms in total. The maximum absolute atomic E-state index is 5.49.